The van der Waals surface area contributed by atoms with E-state index < -0.39 is 0 Å². The molecule has 2 heterocycles. The van der Waals surface area contributed by atoms with Crippen molar-refractivity contribution in [1.29, 1.82) is 0 Å². The molecular formula is C15H23N5O. The molecule has 2 fully saturated rings. The van der Waals surface area contributed by atoms with Gasteiger partial charge in [0.2, 0.25) is 5.91 Å². The Hall–Kier alpha value is -1.85. The van der Waals surface area contributed by atoms with Crippen LogP contribution in [-0.2, 0) is 4.79 Å². The molecule has 0 spiro atoms. The van der Waals surface area contributed by atoms with E-state index in [-0.39, 0.29) is 11.8 Å². The van der Waals surface area contributed by atoms with Gasteiger partial charge in [-0.05, 0) is 25.7 Å². The molecule has 1 aliphatic carbocycles. The van der Waals surface area contributed by atoms with Crippen LogP contribution in [0, 0.1) is 5.92 Å². The van der Waals surface area contributed by atoms with Crippen LogP contribution in [0.4, 0.5) is 11.5 Å². The van der Waals surface area contributed by atoms with Gasteiger partial charge in [0, 0.05) is 39.1 Å². The number of amides is 1. The Kier molecular flexibility index (Phi) is 3.94. The van der Waals surface area contributed by atoms with E-state index in [0.29, 0.717) is 6.04 Å². The molecule has 2 aliphatic rings. The van der Waals surface area contributed by atoms with Crippen LogP contribution in [0.15, 0.2) is 12.5 Å². The zero-order valence-electron chi connectivity index (χ0n) is 12.7. The molecule has 1 saturated carbocycles. The molecule has 1 saturated heterocycles. The number of piperidine rings is 1. The minimum atomic E-state index is 0.161. The van der Waals surface area contributed by atoms with Crippen molar-refractivity contribution in [2.75, 3.05) is 37.0 Å². The maximum Gasteiger partial charge on any atom is 0.223 e. The lowest BCUT2D eigenvalue weighted by molar-refractivity contribution is -0.125. The van der Waals surface area contributed by atoms with Crippen molar-refractivity contribution in [2.45, 2.75) is 31.7 Å². The van der Waals surface area contributed by atoms with Crippen molar-refractivity contribution in [3.63, 3.8) is 0 Å². The monoisotopic (exact) mass is 289 g/mol. The van der Waals surface area contributed by atoms with Crippen molar-refractivity contribution in [2.24, 2.45) is 5.92 Å². The maximum atomic E-state index is 12.1. The average molecular weight is 289 g/mol. The van der Waals surface area contributed by atoms with Crippen LogP contribution >= 0.6 is 0 Å². The van der Waals surface area contributed by atoms with Gasteiger partial charge in [-0.15, -0.1) is 0 Å². The molecule has 1 aromatic rings. The summed E-state index contributed by atoms with van der Waals surface area (Å²) in [4.78, 5) is 24.9. The van der Waals surface area contributed by atoms with Gasteiger partial charge in [-0.25, -0.2) is 9.97 Å². The zero-order chi connectivity index (χ0) is 14.8. The van der Waals surface area contributed by atoms with Crippen LogP contribution in [0.25, 0.3) is 0 Å². The molecule has 0 unspecified atom stereocenters. The number of carbonyl (C=O) groups is 1. The number of nitrogens with one attached hydrogen (secondary N) is 1. The van der Waals surface area contributed by atoms with Crippen molar-refractivity contribution in [1.82, 2.24) is 15.3 Å². The SMILES string of the molecule is CN(C)c1ncncc1N1CCC(C(=O)NC2CC2)CC1. The lowest BCUT2D eigenvalue weighted by Gasteiger charge is -2.34. The van der Waals surface area contributed by atoms with E-state index in [1.54, 1.807) is 6.33 Å². The largest absolute Gasteiger partial charge is 0.367 e. The van der Waals surface area contributed by atoms with E-state index in [9.17, 15) is 4.79 Å². The highest BCUT2D eigenvalue weighted by molar-refractivity contribution is 5.79. The van der Waals surface area contributed by atoms with Gasteiger partial charge in [0.05, 0.1) is 11.9 Å². The molecule has 21 heavy (non-hydrogen) atoms. The van der Waals surface area contributed by atoms with Gasteiger partial charge in [0.15, 0.2) is 5.82 Å². The topological polar surface area (TPSA) is 61.4 Å². The second kappa shape index (κ2) is 5.87. The Morgan fingerprint density at radius 1 is 1.29 bits per heavy atom. The number of aromatic nitrogens is 2. The average Bonchev–Trinajstić information content (AvgIpc) is 3.31. The normalized spacial score (nSPS) is 19.4. The number of anilines is 2. The summed E-state index contributed by atoms with van der Waals surface area (Å²) in [7, 11) is 3.98. The van der Waals surface area contributed by atoms with Crippen molar-refractivity contribution >= 4 is 17.4 Å². The number of rotatable bonds is 4. The fraction of sp³-hybridized carbons (Fsp3) is 0.667. The summed E-state index contributed by atoms with van der Waals surface area (Å²) >= 11 is 0. The van der Waals surface area contributed by atoms with Crippen molar-refractivity contribution in [3.8, 4) is 0 Å². The Labute approximate surface area is 125 Å². The molecule has 1 aromatic heterocycles. The third-order valence-electron chi connectivity index (χ3n) is 4.23. The van der Waals surface area contributed by atoms with Crippen molar-refractivity contribution < 1.29 is 4.79 Å². The summed E-state index contributed by atoms with van der Waals surface area (Å²) in [5.74, 6) is 1.34. The first-order chi connectivity index (χ1) is 10.1. The van der Waals surface area contributed by atoms with E-state index in [1.807, 2.05) is 25.2 Å². The number of nitrogens with zero attached hydrogens (tertiary/aromatic N) is 4. The third kappa shape index (κ3) is 3.25. The summed E-state index contributed by atoms with van der Waals surface area (Å²) in [5.41, 5.74) is 1.06. The first-order valence-electron chi connectivity index (χ1n) is 7.68. The van der Waals surface area contributed by atoms with E-state index in [0.717, 1.165) is 50.3 Å². The van der Waals surface area contributed by atoms with Gasteiger partial charge in [0.25, 0.3) is 0 Å². The standard InChI is InChI=1S/C15H23N5O/c1-19(2)14-13(9-16-10-17-14)20-7-5-11(6-8-20)15(21)18-12-3-4-12/h9-12H,3-8H2,1-2H3,(H,18,21). The van der Waals surface area contributed by atoms with E-state index in [2.05, 4.69) is 20.2 Å². The molecule has 1 aliphatic heterocycles. The molecule has 0 radical (unpaired) electrons. The van der Waals surface area contributed by atoms with E-state index in [4.69, 9.17) is 0 Å². The molecule has 1 amide bonds. The Bertz CT molecular complexity index is 507. The smallest absolute Gasteiger partial charge is 0.223 e. The molecule has 114 valence electrons. The fourth-order valence-electron chi connectivity index (χ4n) is 2.81. The van der Waals surface area contributed by atoms with Gasteiger partial charge >= 0.3 is 0 Å². The number of hydrogen-bond acceptors (Lipinski definition) is 5. The highest BCUT2D eigenvalue weighted by Crippen LogP contribution is 2.29. The Balaban J connectivity index is 1.61. The maximum absolute atomic E-state index is 12.1. The van der Waals surface area contributed by atoms with Crippen LogP contribution in [0.5, 0.6) is 0 Å². The quantitative estimate of drug-likeness (QED) is 0.897. The van der Waals surface area contributed by atoms with Crippen molar-refractivity contribution in [3.05, 3.63) is 12.5 Å². The minimum absolute atomic E-state index is 0.161. The van der Waals surface area contributed by atoms with Gasteiger partial charge < -0.3 is 15.1 Å². The summed E-state index contributed by atoms with van der Waals surface area (Å²) in [6.07, 6.45) is 7.55. The summed E-state index contributed by atoms with van der Waals surface area (Å²) in [6.45, 7) is 1.77. The molecular weight excluding hydrogens is 266 g/mol. The predicted molar refractivity (Wildman–Crippen MR) is 82.5 cm³/mol. The van der Waals surface area contributed by atoms with Gasteiger partial charge in [-0.1, -0.05) is 0 Å². The van der Waals surface area contributed by atoms with Crippen LogP contribution in [-0.4, -0.2) is 49.1 Å². The van der Waals surface area contributed by atoms with Crippen LogP contribution in [0.2, 0.25) is 0 Å². The third-order valence-corrected chi connectivity index (χ3v) is 4.23. The molecule has 1 N–H and O–H groups in total. The molecule has 6 heteroatoms. The molecule has 0 atom stereocenters. The summed E-state index contributed by atoms with van der Waals surface area (Å²) in [6, 6.07) is 0.457. The van der Waals surface area contributed by atoms with Gasteiger partial charge in [0.1, 0.15) is 6.33 Å². The molecule has 0 aromatic carbocycles. The van der Waals surface area contributed by atoms with Gasteiger partial charge in [-0.3, -0.25) is 4.79 Å². The lowest BCUT2D eigenvalue weighted by atomic mass is 9.95. The second-order valence-electron chi connectivity index (χ2n) is 6.17. The number of carbonyl (C=O) groups excluding carboxylic acids is 1. The molecule has 3 rings (SSSR count). The fourth-order valence-corrected chi connectivity index (χ4v) is 2.81. The molecule has 6 nitrogen and oxygen atoms in total. The first-order valence-corrected chi connectivity index (χ1v) is 7.68. The van der Waals surface area contributed by atoms with Crippen LogP contribution in [0.3, 0.4) is 0 Å². The Morgan fingerprint density at radius 3 is 2.62 bits per heavy atom. The summed E-state index contributed by atoms with van der Waals surface area (Å²) in [5, 5.41) is 3.12. The lowest BCUT2D eigenvalue weighted by Crippen LogP contribution is -2.41. The van der Waals surface area contributed by atoms with Crippen LogP contribution < -0.4 is 15.1 Å². The molecule has 0 bridgehead atoms. The van der Waals surface area contributed by atoms with E-state index >= 15 is 0 Å². The number of hydrogen-bond donors (Lipinski definition) is 1. The Morgan fingerprint density at radius 2 is 2.00 bits per heavy atom. The second-order valence-corrected chi connectivity index (χ2v) is 6.17. The summed E-state index contributed by atoms with van der Waals surface area (Å²) < 4.78 is 0. The highest BCUT2D eigenvalue weighted by atomic mass is 16.2. The highest BCUT2D eigenvalue weighted by Gasteiger charge is 2.30. The first kappa shape index (κ1) is 14.1. The van der Waals surface area contributed by atoms with Gasteiger partial charge in [-0.2, -0.15) is 0 Å². The van der Waals surface area contributed by atoms with Crippen LogP contribution in [0.1, 0.15) is 25.7 Å². The van der Waals surface area contributed by atoms with E-state index in [1.165, 1.54) is 0 Å². The zero-order valence-corrected chi connectivity index (χ0v) is 12.7. The predicted octanol–water partition coefficient (Wildman–Crippen LogP) is 1.04. The minimum Gasteiger partial charge on any atom is -0.367 e.